The Balaban J connectivity index is 1.97. The Morgan fingerprint density at radius 1 is 1.24 bits per heavy atom. The van der Waals surface area contributed by atoms with Crippen LogP contribution in [0.3, 0.4) is 0 Å². The molecule has 17 heavy (non-hydrogen) atoms. The van der Waals surface area contributed by atoms with E-state index in [4.69, 9.17) is 0 Å². The molecule has 0 aliphatic carbocycles. The number of likely N-dealkylation sites (tertiary alicyclic amines) is 1. The molecule has 0 atom stereocenters. The minimum atomic E-state index is 0.114. The van der Waals surface area contributed by atoms with Crippen molar-refractivity contribution in [3.8, 4) is 0 Å². The summed E-state index contributed by atoms with van der Waals surface area (Å²) in [6.07, 6.45) is 5.49. The quantitative estimate of drug-likeness (QED) is 0.747. The highest BCUT2D eigenvalue weighted by atomic mass is 16.2. The van der Waals surface area contributed by atoms with Crippen LogP contribution in [0.25, 0.3) is 10.9 Å². The summed E-state index contributed by atoms with van der Waals surface area (Å²) in [7, 11) is 0. The van der Waals surface area contributed by atoms with E-state index in [0.717, 1.165) is 42.4 Å². The summed E-state index contributed by atoms with van der Waals surface area (Å²) < 4.78 is 0. The smallest absolute Gasteiger partial charge is 0.253 e. The van der Waals surface area contributed by atoms with Gasteiger partial charge in [-0.15, -0.1) is 0 Å². The van der Waals surface area contributed by atoms with Crippen molar-refractivity contribution in [3.63, 3.8) is 0 Å². The van der Waals surface area contributed by atoms with Crippen molar-refractivity contribution in [2.24, 2.45) is 0 Å². The lowest BCUT2D eigenvalue weighted by atomic mass is 10.1. The molecular formula is C13H13N3O. The minimum Gasteiger partial charge on any atom is -0.339 e. The number of hydrogen-bond acceptors (Lipinski definition) is 3. The van der Waals surface area contributed by atoms with Crippen molar-refractivity contribution >= 4 is 16.8 Å². The summed E-state index contributed by atoms with van der Waals surface area (Å²) in [6, 6.07) is 5.60. The maximum atomic E-state index is 12.2. The molecule has 1 fully saturated rings. The standard InChI is InChI=1S/C13H13N3O/c17-13(16-5-1-2-6-16)10-3-4-11-8-14-9-15-12(11)7-10/h3-4,7-9H,1-2,5-6H2. The first-order valence-electron chi connectivity index (χ1n) is 5.84. The summed E-state index contributed by atoms with van der Waals surface area (Å²) in [4.78, 5) is 22.2. The van der Waals surface area contributed by atoms with Gasteiger partial charge in [-0.05, 0) is 25.0 Å². The first-order chi connectivity index (χ1) is 8.34. The lowest BCUT2D eigenvalue weighted by molar-refractivity contribution is 0.0793. The van der Waals surface area contributed by atoms with Crippen LogP contribution >= 0.6 is 0 Å². The molecule has 1 aromatic carbocycles. The number of nitrogens with zero attached hydrogens (tertiary/aromatic N) is 3. The van der Waals surface area contributed by atoms with Crippen LogP contribution in [0.15, 0.2) is 30.7 Å². The molecule has 86 valence electrons. The number of carbonyl (C=O) groups excluding carboxylic acids is 1. The molecule has 0 N–H and O–H groups in total. The van der Waals surface area contributed by atoms with Gasteiger partial charge in [0.1, 0.15) is 6.33 Å². The van der Waals surface area contributed by atoms with Gasteiger partial charge < -0.3 is 4.90 Å². The molecule has 1 saturated heterocycles. The van der Waals surface area contributed by atoms with Crippen molar-refractivity contribution in [1.82, 2.24) is 14.9 Å². The molecule has 1 aromatic heterocycles. The predicted octanol–water partition coefficient (Wildman–Crippen LogP) is 1.87. The fraction of sp³-hybridized carbons (Fsp3) is 0.308. The van der Waals surface area contributed by atoms with Crippen molar-refractivity contribution in [2.45, 2.75) is 12.8 Å². The second-order valence-electron chi connectivity index (χ2n) is 4.30. The number of fused-ring (bicyclic) bond motifs is 1. The van der Waals surface area contributed by atoms with Gasteiger partial charge in [0.25, 0.3) is 5.91 Å². The van der Waals surface area contributed by atoms with Gasteiger partial charge in [-0.3, -0.25) is 4.79 Å². The third-order valence-electron chi connectivity index (χ3n) is 3.15. The van der Waals surface area contributed by atoms with Crippen molar-refractivity contribution in [3.05, 3.63) is 36.3 Å². The highest BCUT2D eigenvalue weighted by molar-refractivity contribution is 5.97. The fourth-order valence-electron chi connectivity index (χ4n) is 2.21. The number of aromatic nitrogens is 2. The molecule has 2 aromatic rings. The van der Waals surface area contributed by atoms with E-state index in [-0.39, 0.29) is 5.91 Å². The van der Waals surface area contributed by atoms with Crippen LogP contribution in [0.5, 0.6) is 0 Å². The van der Waals surface area contributed by atoms with Crippen LogP contribution in [-0.2, 0) is 0 Å². The lowest BCUT2D eigenvalue weighted by Crippen LogP contribution is -2.27. The monoisotopic (exact) mass is 227 g/mol. The van der Waals surface area contributed by atoms with Crippen molar-refractivity contribution in [1.29, 1.82) is 0 Å². The molecule has 4 nitrogen and oxygen atoms in total. The van der Waals surface area contributed by atoms with E-state index in [9.17, 15) is 4.79 Å². The molecule has 4 heteroatoms. The molecule has 0 unspecified atom stereocenters. The Bertz CT molecular complexity index is 561. The van der Waals surface area contributed by atoms with E-state index >= 15 is 0 Å². The first-order valence-corrected chi connectivity index (χ1v) is 5.84. The van der Waals surface area contributed by atoms with Gasteiger partial charge in [-0.1, -0.05) is 6.07 Å². The van der Waals surface area contributed by atoms with Crippen molar-refractivity contribution < 1.29 is 4.79 Å². The topological polar surface area (TPSA) is 46.1 Å². The third-order valence-corrected chi connectivity index (χ3v) is 3.15. The van der Waals surface area contributed by atoms with Gasteiger partial charge in [0, 0.05) is 30.2 Å². The SMILES string of the molecule is O=C(c1ccc2cncnc2c1)N1CCCC1. The van der Waals surface area contributed by atoms with E-state index in [0.29, 0.717) is 0 Å². The van der Waals surface area contributed by atoms with E-state index in [1.807, 2.05) is 23.1 Å². The average molecular weight is 227 g/mol. The third kappa shape index (κ3) is 1.86. The number of benzene rings is 1. The number of amides is 1. The highest BCUT2D eigenvalue weighted by Gasteiger charge is 2.19. The minimum absolute atomic E-state index is 0.114. The fourth-order valence-corrected chi connectivity index (χ4v) is 2.21. The first kappa shape index (κ1) is 10.2. The molecule has 2 heterocycles. The molecule has 0 saturated carbocycles. The van der Waals surface area contributed by atoms with Gasteiger partial charge in [0.05, 0.1) is 5.52 Å². The molecular weight excluding hydrogens is 214 g/mol. The number of rotatable bonds is 1. The summed E-state index contributed by atoms with van der Waals surface area (Å²) in [6.45, 7) is 1.75. The van der Waals surface area contributed by atoms with Gasteiger partial charge in [0.15, 0.2) is 0 Å². The molecule has 3 rings (SSSR count). The average Bonchev–Trinajstić information content (AvgIpc) is 2.91. The van der Waals surface area contributed by atoms with Crippen LogP contribution in [0.2, 0.25) is 0 Å². The van der Waals surface area contributed by atoms with Crippen LogP contribution in [0, 0.1) is 0 Å². The molecule has 0 bridgehead atoms. The Hall–Kier alpha value is -1.97. The second kappa shape index (κ2) is 4.13. The van der Waals surface area contributed by atoms with Crippen LogP contribution < -0.4 is 0 Å². The summed E-state index contributed by atoms with van der Waals surface area (Å²) in [5.74, 6) is 0.114. The van der Waals surface area contributed by atoms with E-state index in [1.165, 1.54) is 6.33 Å². The summed E-state index contributed by atoms with van der Waals surface area (Å²) in [5.41, 5.74) is 1.54. The molecule has 0 spiro atoms. The van der Waals surface area contributed by atoms with Crippen LogP contribution in [0.1, 0.15) is 23.2 Å². The summed E-state index contributed by atoms with van der Waals surface area (Å²) >= 11 is 0. The van der Waals surface area contributed by atoms with Gasteiger partial charge in [0.2, 0.25) is 0 Å². The number of hydrogen-bond donors (Lipinski definition) is 0. The Kier molecular flexibility index (Phi) is 2.48. The highest BCUT2D eigenvalue weighted by Crippen LogP contribution is 2.16. The van der Waals surface area contributed by atoms with Crippen LogP contribution in [0.4, 0.5) is 0 Å². The largest absolute Gasteiger partial charge is 0.339 e. The molecule has 0 radical (unpaired) electrons. The Morgan fingerprint density at radius 3 is 2.88 bits per heavy atom. The van der Waals surface area contributed by atoms with Crippen molar-refractivity contribution in [2.75, 3.05) is 13.1 Å². The molecule has 1 aliphatic heterocycles. The van der Waals surface area contributed by atoms with E-state index in [1.54, 1.807) is 6.20 Å². The zero-order valence-corrected chi connectivity index (χ0v) is 9.47. The van der Waals surface area contributed by atoms with Crippen LogP contribution in [-0.4, -0.2) is 33.9 Å². The normalized spacial score (nSPS) is 15.4. The number of carbonyl (C=O) groups is 1. The van der Waals surface area contributed by atoms with Gasteiger partial charge in [-0.25, -0.2) is 9.97 Å². The maximum Gasteiger partial charge on any atom is 0.253 e. The Labute approximate surface area is 99.3 Å². The summed E-state index contributed by atoms with van der Waals surface area (Å²) in [5, 5.41) is 0.963. The maximum absolute atomic E-state index is 12.2. The van der Waals surface area contributed by atoms with Gasteiger partial charge >= 0.3 is 0 Å². The predicted molar refractivity (Wildman–Crippen MR) is 64.7 cm³/mol. The molecule has 1 amide bonds. The molecule has 1 aliphatic rings. The lowest BCUT2D eigenvalue weighted by Gasteiger charge is -2.15. The Morgan fingerprint density at radius 2 is 2.06 bits per heavy atom. The zero-order valence-electron chi connectivity index (χ0n) is 9.47. The van der Waals surface area contributed by atoms with Gasteiger partial charge in [-0.2, -0.15) is 0 Å². The van der Waals surface area contributed by atoms with E-state index in [2.05, 4.69) is 9.97 Å². The van der Waals surface area contributed by atoms with E-state index < -0.39 is 0 Å². The zero-order chi connectivity index (χ0) is 11.7. The second-order valence-corrected chi connectivity index (χ2v) is 4.30.